The van der Waals surface area contributed by atoms with E-state index in [9.17, 15) is 9.59 Å². The highest BCUT2D eigenvalue weighted by Gasteiger charge is 2.23. The minimum Gasteiger partial charge on any atom is -0.444 e. The largest absolute Gasteiger partial charge is 0.444 e. The summed E-state index contributed by atoms with van der Waals surface area (Å²) in [6.07, 6.45) is -0.613. The van der Waals surface area contributed by atoms with Gasteiger partial charge in [-0.2, -0.15) is 0 Å². The van der Waals surface area contributed by atoms with Crippen molar-refractivity contribution in [3.05, 3.63) is 63.7 Å². The van der Waals surface area contributed by atoms with Crippen molar-refractivity contribution >= 4 is 34.3 Å². The molecule has 1 amide bonds. The van der Waals surface area contributed by atoms with Crippen LogP contribution in [0, 0.1) is 0 Å². The van der Waals surface area contributed by atoms with Gasteiger partial charge in [-0.15, -0.1) is 0 Å². The number of benzene rings is 2. The van der Waals surface area contributed by atoms with E-state index in [-0.39, 0.29) is 5.56 Å². The minimum atomic E-state index is -0.655. The molecule has 8 heteroatoms. The molecule has 1 heterocycles. The second-order valence-electron chi connectivity index (χ2n) is 7.71. The van der Waals surface area contributed by atoms with Crippen LogP contribution in [0.3, 0.4) is 0 Å². The minimum absolute atomic E-state index is 0.309. The first-order valence-electron chi connectivity index (χ1n) is 9.13. The predicted octanol–water partition coefficient (Wildman–Crippen LogP) is 4.21. The van der Waals surface area contributed by atoms with Gasteiger partial charge in [-0.05, 0) is 58.0 Å². The summed E-state index contributed by atoms with van der Waals surface area (Å²) in [5.41, 5.74) is 6.35. The molecule has 3 rings (SSSR count). The van der Waals surface area contributed by atoms with Crippen LogP contribution in [0.15, 0.2) is 47.3 Å². The van der Waals surface area contributed by atoms with Crippen LogP contribution < -0.4 is 16.6 Å². The second kappa shape index (κ2) is 7.75. The average Bonchev–Trinajstić information content (AvgIpc) is 2.60. The molecule has 0 fully saturated rings. The zero-order chi connectivity index (χ0) is 21.3. The quantitative estimate of drug-likeness (QED) is 0.625. The standard InChI is InChI=1S/C21H23ClN4O3/c1-12(24-20(28)29-21(2,3)4)18-25-17-15(9-6-10-16(17)22)19(27)26(18)14-8-5-7-13(23)11-14/h5-12H,23H2,1-4H3,(H,24,28)/t12-/m0/s1. The maximum absolute atomic E-state index is 13.3. The van der Waals surface area contributed by atoms with Crippen LogP contribution in [0.1, 0.15) is 39.6 Å². The Morgan fingerprint density at radius 2 is 1.93 bits per heavy atom. The van der Waals surface area contributed by atoms with Gasteiger partial charge in [0, 0.05) is 5.69 Å². The average molecular weight is 415 g/mol. The molecule has 0 radical (unpaired) electrons. The number of hydrogen-bond donors (Lipinski definition) is 2. The van der Waals surface area contributed by atoms with Crippen LogP contribution >= 0.6 is 11.6 Å². The summed E-state index contributed by atoms with van der Waals surface area (Å²) >= 11 is 6.28. The molecule has 0 aliphatic carbocycles. The number of alkyl carbamates (subject to hydrolysis) is 1. The fraction of sp³-hybridized carbons (Fsp3) is 0.286. The van der Waals surface area contributed by atoms with Crippen molar-refractivity contribution in [1.82, 2.24) is 14.9 Å². The van der Waals surface area contributed by atoms with E-state index in [1.165, 1.54) is 4.57 Å². The molecule has 2 aromatic carbocycles. The number of para-hydroxylation sites is 1. The Kier molecular flexibility index (Phi) is 5.53. The summed E-state index contributed by atoms with van der Waals surface area (Å²) in [5.74, 6) is 0.312. The van der Waals surface area contributed by atoms with E-state index in [1.54, 1.807) is 70.2 Å². The molecule has 0 saturated heterocycles. The first-order chi connectivity index (χ1) is 13.6. The number of halogens is 1. The van der Waals surface area contributed by atoms with Gasteiger partial charge in [0.05, 0.1) is 27.7 Å². The summed E-state index contributed by atoms with van der Waals surface area (Å²) in [6, 6.07) is 11.3. The third-order valence-corrected chi connectivity index (χ3v) is 4.43. The van der Waals surface area contributed by atoms with E-state index in [1.807, 2.05) is 0 Å². The molecular formula is C21H23ClN4O3. The number of hydrogen-bond acceptors (Lipinski definition) is 5. The second-order valence-corrected chi connectivity index (χ2v) is 8.12. The van der Waals surface area contributed by atoms with Crippen molar-refractivity contribution in [2.24, 2.45) is 0 Å². The van der Waals surface area contributed by atoms with Gasteiger partial charge in [-0.3, -0.25) is 9.36 Å². The number of rotatable bonds is 3. The third-order valence-electron chi connectivity index (χ3n) is 4.12. The Morgan fingerprint density at radius 1 is 1.24 bits per heavy atom. The van der Waals surface area contributed by atoms with E-state index < -0.39 is 17.7 Å². The molecule has 0 aliphatic rings. The fourth-order valence-electron chi connectivity index (χ4n) is 2.94. The summed E-state index contributed by atoms with van der Waals surface area (Å²) < 4.78 is 6.75. The Labute approximate surface area is 173 Å². The lowest BCUT2D eigenvalue weighted by Crippen LogP contribution is -2.37. The number of nitrogens with zero attached hydrogens (tertiary/aromatic N) is 2. The number of aromatic nitrogens is 2. The first-order valence-corrected chi connectivity index (χ1v) is 9.51. The van der Waals surface area contributed by atoms with E-state index in [4.69, 9.17) is 22.1 Å². The van der Waals surface area contributed by atoms with Crippen molar-refractivity contribution in [2.45, 2.75) is 39.3 Å². The van der Waals surface area contributed by atoms with E-state index >= 15 is 0 Å². The number of carbonyl (C=O) groups excluding carboxylic acids is 1. The lowest BCUT2D eigenvalue weighted by Gasteiger charge is -2.23. The number of nitrogens with one attached hydrogen (secondary N) is 1. The van der Waals surface area contributed by atoms with Crippen LogP contribution in [-0.2, 0) is 4.74 Å². The number of ether oxygens (including phenoxy) is 1. The van der Waals surface area contributed by atoms with Gasteiger partial charge in [0.15, 0.2) is 0 Å². The smallest absolute Gasteiger partial charge is 0.408 e. The predicted molar refractivity (Wildman–Crippen MR) is 115 cm³/mol. The molecule has 0 aliphatic heterocycles. The highest BCUT2D eigenvalue weighted by Crippen LogP contribution is 2.24. The highest BCUT2D eigenvalue weighted by atomic mass is 35.5. The lowest BCUT2D eigenvalue weighted by atomic mass is 10.2. The maximum Gasteiger partial charge on any atom is 0.408 e. The molecule has 0 spiro atoms. The van der Waals surface area contributed by atoms with E-state index in [2.05, 4.69) is 10.3 Å². The van der Waals surface area contributed by atoms with Crippen LogP contribution in [-0.4, -0.2) is 21.2 Å². The molecule has 3 aromatic rings. The maximum atomic E-state index is 13.3. The van der Waals surface area contributed by atoms with Crippen LogP contribution in [0.5, 0.6) is 0 Å². The normalized spacial score (nSPS) is 12.6. The third kappa shape index (κ3) is 4.51. The van der Waals surface area contributed by atoms with Crippen molar-refractivity contribution < 1.29 is 9.53 Å². The summed E-state index contributed by atoms with van der Waals surface area (Å²) in [4.78, 5) is 30.2. The molecule has 7 nitrogen and oxygen atoms in total. The zero-order valence-electron chi connectivity index (χ0n) is 16.7. The van der Waals surface area contributed by atoms with Gasteiger partial charge in [0.2, 0.25) is 0 Å². The van der Waals surface area contributed by atoms with Crippen LogP contribution in [0.25, 0.3) is 16.6 Å². The van der Waals surface area contributed by atoms with Crippen molar-refractivity contribution in [3.8, 4) is 5.69 Å². The van der Waals surface area contributed by atoms with Crippen molar-refractivity contribution in [1.29, 1.82) is 0 Å². The van der Waals surface area contributed by atoms with Gasteiger partial charge in [0.25, 0.3) is 5.56 Å². The lowest BCUT2D eigenvalue weighted by molar-refractivity contribution is 0.0505. The molecule has 0 unspecified atom stereocenters. The zero-order valence-corrected chi connectivity index (χ0v) is 17.4. The number of amides is 1. The first kappa shape index (κ1) is 20.7. The summed E-state index contributed by atoms with van der Waals surface area (Å²) in [6.45, 7) is 7.03. The molecule has 0 saturated carbocycles. The topological polar surface area (TPSA) is 99.2 Å². The number of anilines is 1. The van der Waals surface area contributed by atoms with Gasteiger partial charge in [0.1, 0.15) is 11.4 Å². The number of fused-ring (bicyclic) bond motifs is 1. The molecule has 0 bridgehead atoms. The Bertz CT molecular complexity index is 1130. The molecular weight excluding hydrogens is 392 g/mol. The molecule has 29 heavy (non-hydrogen) atoms. The number of carbonyl (C=O) groups is 1. The highest BCUT2D eigenvalue weighted by molar-refractivity contribution is 6.35. The van der Waals surface area contributed by atoms with E-state index in [0.29, 0.717) is 33.1 Å². The molecule has 1 aromatic heterocycles. The SMILES string of the molecule is C[C@H](NC(=O)OC(C)(C)C)c1nc2c(Cl)cccc2c(=O)n1-c1cccc(N)c1. The molecule has 152 valence electrons. The monoisotopic (exact) mass is 414 g/mol. The van der Waals surface area contributed by atoms with Crippen LogP contribution in [0.4, 0.5) is 10.5 Å². The van der Waals surface area contributed by atoms with E-state index in [0.717, 1.165) is 0 Å². The summed E-state index contributed by atoms with van der Waals surface area (Å²) in [7, 11) is 0. The summed E-state index contributed by atoms with van der Waals surface area (Å²) in [5, 5.41) is 3.45. The van der Waals surface area contributed by atoms with Crippen molar-refractivity contribution in [2.75, 3.05) is 5.73 Å². The van der Waals surface area contributed by atoms with Gasteiger partial charge < -0.3 is 15.8 Å². The van der Waals surface area contributed by atoms with Gasteiger partial charge in [-0.1, -0.05) is 23.7 Å². The van der Waals surface area contributed by atoms with Gasteiger partial charge >= 0.3 is 6.09 Å². The number of nitrogen functional groups attached to an aromatic ring is 1. The molecule has 1 atom stereocenters. The van der Waals surface area contributed by atoms with Gasteiger partial charge in [-0.25, -0.2) is 9.78 Å². The number of nitrogens with two attached hydrogens (primary N) is 1. The Balaban J connectivity index is 2.18. The Morgan fingerprint density at radius 3 is 2.59 bits per heavy atom. The molecule has 3 N–H and O–H groups in total. The Hall–Kier alpha value is -3.06. The fourth-order valence-corrected chi connectivity index (χ4v) is 3.16. The van der Waals surface area contributed by atoms with Crippen molar-refractivity contribution in [3.63, 3.8) is 0 Å². The van der Waals surface area contributed by atoms with Crippen LogP contribution in [0.2, 0.25) is 5.02 Å².